The minimum absolute atomic E-state index is 0.0439. The number of H-pyrrole nitrogens is 2. The molecular formula is C17H21ClN4O2. The van der Waals surface area contributed by atoms with E-state index in [0.29, 0.717) is 23.8 Å². The fraction of sp³-hybridized carbons (Fsp3) is 0.471. The monoisotopic (exact) mass is 348 g/mol. The first-order chi connectivity index (χ1) is 11.6. The van der Waals surface area contributed by atoms with Crippen LogP contribution in [0.15, 0.2) is 29.1 Å². The molecule has 1 amide bonds. The Morgan fingerprint density at radius 2 is 1.92 bits per heavy atom. The molecule has 0 spiro atoms. The molecule has 3 rings (SSSR count). The number of benzene rings is 1. The Labute approximate surface area is 145 Å². The third-order valence-corrected chi connectivity index (χ3v) is 4.99. The first-order valence-corrected chi connectivity index (χ1v) is 8.66. The van der Waals surface area contributed by atoms with Gasteiger partial charge >= 0.3 is 5.69 Å². The summed E-state index contributed by atoms with van der Waals surface area (Å²) in [6.07, 6.45) is 5.43. The Hall–Kier alpha value is -2.08. The highest BCUT2D eigenvalue weighted by atomic mass is 35.5. The molecule has 1 heterocycles. The van der Waals surface area contributed by atoms with Crippen LogP contribution in [0, 0.1) is 0 Å². The van der Waals surface area contributed by atoms with Crippen LogP contribution < -0.4 is 11.0 Å². The van der Waals surface area contributed by atoms with E-state index < -0.39 is 5.41 Å². The molecule has 1 fully saturated rings. The minimum atomic E-state index is -0.484. The molecule has 0 radical (unpaired) electrons. The molecule has 2 aromatic rings. The van der Waals surface area contributed by atoms with E-state index in [4.69, 9.17) is 11.6 Å². The number of rotatable bonds is 5. The number of amides is 1. The van der Waals surface area contributed by atoms with E-state index in [1.165, 1.54) is 0 Å². The predicted octanol–water partition coefficient (Wildman–Crippen LogP) is 2.31. The average Bonchev–Trinajstić information content (AvgIpc) is 3.01. The second-order valence-electron chi connectivity index (χ2n) is 6.28. The third-order valence-electron chi connectivity index (χ3n) is 4.74. The zero-order chi connectivity index (χ0) is 17.0. The van der Waals surface area contributed by atoms with Gasteiger partial charge in [0.25, 0.3) is 0 Å². The topological polar surface area (TPSA) is 90.6 Å². The van der Waals surface area contributed by atoms with Crippen LogP contribution in [0.25, 0.3) is 0 Å². The van der Waals surface area contributed by atoms with Gasteiger partial charge in [-0.15, -0.1) is 0 Å². The Bertz CT molecular complexity index is 744. The summed E-state index contributed by atoms with van der Waals surface area (Å²) in [6.45, 7) is 0.439. The molecule has 1 aromatic carbocycles. The largest absolute Gasteiger partial charge is 0.355 e. The van der Waals surface area contributed by atoms with E-state index in [-0.39, 0.29) is 11.6 Å². The van der Waals surface area contributed by atoms with E-state index in [1.54, 1.807) is 0 Å². The fourth-order valence-corrected chi connectivity index (χ4v) is 3.58. The first kappa shape index (κ1) is 16.8. The van der Waals surface area contributed by atoms with Gasteiger partial charge < -0.3 is 5.32 Å². The van der Waals surface area contributed by atoms with Crippen LogP contribution in [0.4, 0.5) is 0 Å². The molecule has 1 saturated carbocycles. The molecule has 0 atom stereocenters. The molecule has 1 aliphatic carbocycles. The van der Waals surface area contributed by atoms with Crippen molar-refractivity contribution < 1.29 is 4.79 Å². The van der Waals surface area contributed by atoms with Crippen LogP contribution in [0.1, 0.15) is 43.5 Å². The molecule has 6 nitrogen and oxygen atoms in total. The lowest BCUT2D eigenvalue weighted by atomic mass is 9.68. The molecule has 3 N–H and O–H groups in total. The van der Waals surface area contributed by atoms with Crippen LogP contribution in [0.2, 0.25) is 5.02 Å². The average molecular weight is 349 g/mol. The molecule has 0 bridgehead atoms. The SMILES string of the molecule is O=C(NCCc1n[nH]c(=O)[nH]1)C1(c2ccc(Cl)cc2)CCCCC1. The number of aromatic nitrogens is 3. The molecule has 0 saturated heterocycles. The van der Waals surface area contributed by atoms with Crippen molar-refractivity contribution in [3.63, 3.8) is 0 Å². The Morgan fingerprint density at radius 3 is 2.54 bits per heavy atom. The quantitative estimate of drug-likeness (QED) is 0.774. The van der Waals surface area contributed by atoms with Crippen molar-refractivity contribution in [2.24, 2.45) is 0 Å². The van der Waals surface area contributed by atoms with Gasteiger partial charge in [-0.2, -0.15) is 5.10 Å². The Balaban J connectivity index is 1.71. The number of nitrogens with one attached hydrogen (secondary N) is 3. The normalized spacial score (nSPS) is 16.7. The molecule has 0 unspecified atom stereocenters. The third kappa shape index (κ3) is 3.53. The summed E-state index contributed by atoms with van der Waals surface area (Å²) in [5, 5.41) is 9.86. The van der Waals surface area contributed by atoms with Crippen molar-refractivity contribution in [1.29, 1.82) is 0 Å². The highest BCUT2D eigenvalue weighted by molar-refractivity contribution is 6.30. The number of nitrogens with zero attached hydrogens (tertiary/aromatic N) is 1. The molecule has 24 heavy (non-hydrogen) atoms. The maximum atomic E-state index is 13.0. The lowest BCUT2D eigenvalue weighted by Crippen LogP contribution is -2.46. The Kier molecular flexibility index (Phi) is 5.04. The molecule has 1 aromatic heterocycles. The second-order valence-corrected chi connectivity index (χ2v) is 6.72. The lowest BCUT2D eigenvalue weighted by molar-refractivity contribution is -0.128. The van der Waals surface area contributed by atoms with Crippen LogP contribution in [0.3, 0.4) is 0 Å². The van der Waals surface area contributed by atoms with Crippen molar-refractivity contribution in [3.05, 3.63) is 51.2 Å². The van der Waals surface area contributed by atoms with Crippen LogP contribution in [-0.4, -0.2) is 27.6 Å². The number of aromatic amines is 2. The standard InChI is InChI=1S/C17H21ClN4O2/c18-13-6-4-12(5-7-13)17(9-2-1-3-10-17)15(23)19-11-8-14-20-16(24)22-21-14/h4-7H,1-3,8-11H2,(H,19,23)(H2,20,21,22,24). The zero-order valence-electron chi connectivity index (χ0n) is 13.4. The number of hydrogen-bond acceptors (Lipinski definition) is 3. The molecule has 7 heteroatoms. The van der Waals surface area contributed by atoms with Gasteiger partial charge in [0.15, 0.2) is 0 Å². The fourth-order valence-electron chi connectivity index (χ4n) is 3.46. The van der Waals surface area contributed by atoms with E-state index in [0.717, 1.165) is 37.7 Å². The number of carbonyl (C=O) groups is 1. The molecule has 1 aliphatic rings. The maximum Gasteiger partial charge on any atom is 0.340 e. The van der Waals surface area contributed by atoms with E-state index in [2.05, 4.69) is 20.5 Å². The van der Waals surface area contributed by atoms with Crippen LogP contribution in [0.5, 0.6) is 0 Å². The maximum absolute atomic E-state index is 13.0. The van der Waals surface area contributed by atoms with E-state index >= 15 is 0 Å². The summed E-state index contributed by atoms with van der Waals surface area (Å²) in [4.78, 5) is 26.6. The van der Waals surface area contributed by atoms with E-state index in [9.17, 15) is 9.59 Å². The van der Waals surface area contributed by atoms with Crippen molar-refractivity contribution in [3.8, 4) is 0 Å². The van der Waals surface area contributed by atoms with Crippen LogP contribution >= 0.6 is 11.6 Å². The van der Waals surface area contributed by atoms with Crippen molar-refractivity contribution in [2.75, 3.05) is 6.54 Å². The van der Waals surface area contributed by atoms with Gasteiger partial charge in [-0.1, -0.05) is 43.0 Å². The van der Waals surface area contributed by atoms with Gasteiger partial charge in [0, 0.05) is 18.0 Å². The first-order valence-electron chi connectivity index (χ1n) is 8.28. The summed E-state index contributed by atoms with van der Waals surface area (Å²) >= 11 is 5.99. The van der Waals surface area contributed by atoms with Gasteiger partial charge in [-0.05, 0) is 30.5 Å². The summed E-state index contributed by atoms with van der Waals surface area (Å²) in [6, 6.07) is 7.60. The van der Waals surface area contributed by atoms with Crippen molar-refractivity contribution in [1.82, 2.24) is 20.5 Å². The van der Waals surface area contributed by atoms with Crippen LogP contribution in [-0.2, 0) is 16.6 Å². The summed E-state index contributed by atoms with van der Waals surface area (Å²) < 4.78 is 0. The smallest absolute Gasteiger partial charge is 0.340 e. The van der Waals surface area contributed by atoms with Crippen molar-refractivity contribution >= 4 is 17.5 Å². The summed E-state index contributed by atoms with van der Waals surface area (Å²) in [7, 11) is 0. The molecular weight excluding hydrogens is 328 g/mol. The van der Waals surface area contributed by atoms with Gasteiger partial charge in [0.1, 0.15) is 5.82 Å². The Morgan fingerprint density at radius 1 is 1.21 bits per heavy atom. The summed E-state index contributed by atoms with van der Waals surface area (Å²) in [5.41, 5.74) is 0.209. The molecule has 128 valence electrons. The molecule has 0 aliphatic heterocycles. The van der Waals surface area contributed by atoms with Gasteiger partial charge in [-0.3, -0.25) is 9.78 Å². The lowest BCUT2D eigenvalue weighted by Gasteiger charge is -2.36. The highest BCUT2D eigenvalue weighted by Gasteiger charge is 2.40. The predicted molar refractivity (Wildman–Crippen MR) is 92.1 cm³/mol. The van der Waals surface area contributed by atoms with Crippen molar-refractivity contribution in [2.45, 2.75) is 43.9 Å². The second kappa shape index (κ2) is 7.21. The van der Waals surface area contributed by atoms with E-state index in [1.807, 2.05) is 24.3 Å². The highest BCUT2D eigenvalue weighted by Crippen LogP contribution is 2.40. The number of carbonyl (C=O) groups excluding carboxylic acids is 1. The summed E-state index contributed by atoms with van der Waals surface area (Å²) in [5.74, 6) is 0.590. The minimum Gasteiger partial charge on any atom is -0.355 e. The zero-order valence-corrected chi connectivity index (χ0v) is 14.2. The number of halogens is 1. The van der Waals surface area contributed by atoms with Gasteiger partial charge in [-0.25, -0.2) is 9.89 Å². The number of hydrogen-bond donors (Lipinski definition) is 3. The van der Waals surface area contributed by atoms with Gasteiger partial charge in [0.2, 0.25) is 5.91 Å². The van der Waals surface area contributed by atoms with Gasteiger partial charge in [0.05, 0.1) is 5.41 Å².